The zero-order valence-electron chi connectivity index (χ0n) is 24.1. The molecule has 5 rings (SSSR count). The van der Waals surface area contributed by atoms with Crippen molar-refractivity contribution in [1.29, 1.82) is 0 Å². The zero-order chi connectivity index (χ0) is 30.6. The van der Waals surface area contributed by atoms with Crippen molar-refractivity contribution >= 4 is 34.2 Å². The Morgan fingerprint density at radius 1 is 0.767 bits per heavy atom. The van der Waals surface area contributed by atoms with Gasteiger partial charge in [-0.3, -0.25) is 19.7 Å². The number of hydrogen-bond acceptors (Lipinski definition) is 5. The van der Waals surface area contributed by atoms with Crippen LogP contribution in [0.1, 0.15) is 58.7 Å². The molecule has 1 aromatic heterocycles. The molecule has 5 aromatic rings. The molecule has 0 aliphatic rings. The Labute approximate surface area is 254 Å². The van der Waals surface area contributed by atoms with Gasteiger partial charge in [-0.25, -0.2) is 4.98 Å². The summed E-state index contributed by atoms with van der Waals surface area (Å²) < 4.78 is 0. The predicted octanol–water partition coefficient (Wildman–Crippen LogP) is 6.98. The van der Waals surface area contributed by atoms with Crippen LogP contribution in [0.15, 0.2) is 109 Å². The molecule has 0 bridgehead atoms. The van der Waals surface area contributed by atoms with Crippen molar-refractivity contribution in [2.45, 2.75) is 32.2 Å². The SMILES string of the molecule is CC(C)(C)c1ccc(-c2ccccc2C(=O)Nc2nc(-c3ccc(C(=O)N[C@H](C(N)=O)c4ccccc4)cc3)cs2)cc1. The molecule has 8 heteroatoms. The Kier molecular flexibility index (Phi) is 8.50. The monoisotopic (exact) mass is 588 g/mol. The highest BCUT2D eigenvalue weighted by atomic mass is 32.1. The molecule has 4 N–H and O–H groups in total. The highest BCUT2D eigenvalue weighted by molar-refractivity contribution is 7.14. The molecule has 1 heterocycles. The number of carbonyl (C=O) groups is 3. The van der Waals surface area contributed by atoms with Crippen LogP contribution < -0.4 is 16.4 Å². The minimum absolute atomic E-state index is 0.0427. The van der Waals surface area contributed by atoms with Gasteiger partial charge in [-0.2, -0.15) is 0 Å². The van der Waals surface area contributed by atoms with E-state index >= 15 is 0 Å². The van der Waals surface area contributed by atoms with Crippen LogP contribution in [-0.2, 0) is 10.2 Å². The van der Waals surface area contributed by atoms with E-state index in [2.05, 4.69) is 48.5 Å². The Balaban J connectivity index is 1.27. The van der Waals surface area contributed by atoms with Crippen LogP contribution in [0.3, 0.4) is 0 Å². The highest BCUT2D eigenvalue weighted by Crippen LogP contribution is 2.30. The largest absolute Gasteiger partial charge is 0.368 e. The fourth-order valence-corrected chi connectivity index (χ4v) is 5.40. The molecule has 3 amide bonds. The second-order valence-electron chi connectivity index (χ2n) is 11.2. The van der Waals surface area contributed by atoms with Gasteiger partial charge in [0, 0.05) is 22.1 Å². The van der Waals surface area contributed by atoms with Crippen LogP contribution in [0.25, 0.3) is 22.4 Å². The maximum atomic E-state index is 13.3. The molecule has 0 aliphatic carbocycles. The number of benzene rings is 4. The molecule has 0 saturated carbocycles. The molecule has 0 saturated heterocycles. The predicted molar refractivity (Wildman–Crippen MR) is 172 cm³/mol. The zero-order valence-corrected chi connectivity index (χ0v) is 24.9. The van der Waals surface area contributed by atoms with Gasteiger partial charge >= 0.3 is 0 Å². The minimum atomic E-state index is -0.939. The third-order valence-corrected chi connectivity index (χ3v) is 7.85. The van der Waals surface area contributed by atoms with Gasteiger partial charge in [0.1, 0.15) is 6.04 Å². The fourth-order valence-electron chi connectivity index (χ4n) is 4.68. The summed E-state index contributed by atoms with van der Waals surface area (Å²) in [6, 6.07) is 30.6. The Morgan fingerprint density at radius 2 is 1.40 bits per heavy atom. The Bertz CT molecular complexity index is 1760. The lowest BCUT2D eigenvalue weighted by molar-refractivity contribution is -0.120. The van der Waals surface area contributed by atoms with Crippen LogP contribution in [-0.4, -0.2) is 22.7 Å². The summed E-state index contributed by atoms with van der Waals surface area (Å²) in [5.74, 6) is -1.31. The molecule has 0 unspecified atom stereocenters. The first-order valence-electron chi connectivity index (χ1n) is 13.8. The number of nitrogens with one attached hydrogen (secondary N) is 2. The van der Waals surface area contributed by atoms with E-state index in [1.165, 1.54) is 16.9 Å². The number of thiazole rings is 1. The standard InChI is InChI=1S/C35H32N4O3S/c1-35(2,3)26-19-17-22(18-20-26)27-11-7-8-12-28(27)33(42)39-34-37-29(21-43-34)23-13-15-25(16-14-23)32(41)38-30(31(36)40)24-9-5-4-6-10-24/h4-21,30H,1-3H3,(H2,36,40)(H,38,41)(H,37,39,42)/t30-/m0/s1. The number of nitrogens with zero attached hydrogens (tertiary/aromatic N) is 1. The number of primary amides is 1. The summed E-state index contributed by atoms with van der Waals surface area (Å²) in [5, 5.41) is 7.94. The molecule has 0 fully saturated rings. The van der Waals surface area contributed by atoms with Gasteiger partial charge < -0.3 is 11.1 Å². The lowest BCUT2D eigenvalue weighted by Crippen LogP contribution is -2.37. The van der Waals surface area contributed by atoms with Crippen LogP contribution in [0.5, 0.6) is 0 Å². The normalized spacial score (nSPS) is 11.9. The highest BCUT2D eigenvalue weighted by Gasteiger charge is 2.21. The second kappa shape index (κ2) is 12.4. The van der Waals surface area contributed by atoms with Crippen molar-refractivity contribution in [2.75, 3.05) is 5.32 Å². The second-order valence-corrected chi connectivity index (χ2v) is 12.0. The quantitative estimate of drug-likeness (QED) is 0.181. The van der Waals surface area contributed by atoms with Gasteiger partial charge in [0.25, 0.3) is 11.8 Å². The summed E-state index contributed by atoms with van der Waals surface area (Å²) >= 11 is 1.32. The first-order chi connectivity index (χ1) is 20.6. The maximum absolute atomic E-state index is 13.3. The summed E-state index contributed by atoms with van der Waals surface area (Å²) in [6.07, 6.45) is 0. The Hall–Kier alpha value is -5.08. The molecule has 1 atom stereocenters. The van der Waals surface area contributed by atoms with E-state index in [0.29, 0.717) is 27.5 Å². The van der Waals surface area contributed by atoms with Crippen molar-refractivity contribution in [2.24, 2.45) is 5.73 Å². The van der Waals surface area contributed by atoms with E-state index in [1.54, 1.807) is 54.6 Å². The summed E-state index contributed by atoms with van der Waals surface area (Å²) in [5.41, 5.74) is 11.6. The fraction of sp³-hybridized carbons (Fsp3) is 0.143. The van der Waals surface area contributed by atoms with Crippen LogP contribution in [0, 0.1) is 0 Å². The minimum Gasteiger partial charge on any atom is -0.368 e. The molecular weight excluding hydrogens is 556 g/mol. The molecule has 0 spiro atoms. The van der Waals surface area contributed by atoms with E-state index in [4.69, 9.17) is 5.73 Å². The van der Waals surface area contributed by atoms with Crippen LogP contribution in [0.2, 0.25) is 0 Å². The molecule has 0 aliphatic heterocycles. The number of amides is 3. The van der Waals surface area contributed by atoms with E-state index in [-0.39, 0.29) is 11.3 Å². The average molecular weight is 589 g/mol. The summed E-state index contributed by atoms with van der Waals surface area (Å²) in [7, 11) is 0. The van der Waals surface area contributed by atoms with Gasteiger partial charge in [-0.1, -0.05) is 106 Å². The molecule has 7 nitrogen and oxygen atoms in total. The number of carbonyl (C=O) groups excluding carboxylic acids is 3. The van der Waals surface area contributed by atoms with Gasteiger partial charge in [-0.05, 0) is 45.9 Å². The topological polar surface area (TPSA) is 114 Å². The number of aromatic nitrogens is 1. The molecule has 4 aromatic carbocycles. The van der Waals surface area contributed by atoms with Crippen molar-refractivity contribution < 1.29 is 14.4 Å². The summed E-state index contributed by atoms with van der Waals surface area (Å²) in [6.45, 7) is 6.51. The first kappa shape index (κ1) is 29.4. The first-order valence-corrected chi connectivity index (χ1v) is 14.7. The average Bonchev–Trinajstić information content (AvgIpc) is 3.48. The number of nitrogens with two attached hydrogens (primary N) is 1. The number of anilines is 1. The molecule has 43 heavy (non-hydrogen) atoms. The smallest absolute Gasteiger partial charge is 0.258 e. The third kappa shape index (κ3) is 6.88. The molecule has 0 radical (unpaired) electrons. The van der Waals surface area contributed by atoms with Crippen molar-refractivity contribution in [1.82, 2.24) is 10.3 Å². The Morgan fingerprint density at radius 3 is 2.05 bits per heavy atom. The van der Waals surface area contributed by atoms with Crippen LogP contribution in [0.4, 0.5) is 5.13 Å². The van der Waals surface area contributed by atoms with Crippen molar-refractivity contribution in [3.63, 3.8) is 0 Å². The lowest BCUT2D eigenvalue weighted by atomic mass is 9.86. The van der Waals surface area contributed by atoms with Gasteiger partial charge in [0.2, 0.25) is 5.91 Å². The third-order valence-electron chi connectivity index (χ3n) is 7.09. The van der Waals surface area contributed by atoms with Gasteiger partial charge in [-0.15, -0.1) is 11.3 Å². The van der Waals surface area contributed by atoms with Gasteiger partial charge in [0.15, 0.2) is 5.13 Å². The van der Waals surface area contributed by atoms with E-state index < -0.39 is 17.9 Å². The molecular formula is C35H32N4O3S. The number of hydrogen-bond donors (Lipinski definition) is 3. The number of rotatable bonds is 8. The maximum Gasteiger partial charge on any atom is 0.258 e. The van der Waals surface area contributed by atoms with Crippen molar-refractivity contribution in [3.05, 3.63) is 131 Å². The molecule has 216 valence electrons. The van der Waals surface area contributed by atoms with Gasteiger partial charge in [0.05, 0.1) is 5.69 Å². The van der Waals surface area contributed by atoms with E-state index in [1.807, 2.05) is 41.8 Å². The van der Waals surface area contributed by atoms with Crippen LogP contribution >= 0.6 is 11.3 Å². The van der Waals surface area contributed by atoms with E-state index in [9.17, 15) is 14.4 Å². The lowest BCUT2D eigenvalue weighted by Gasteiger charge is -2.19. The summed E-state index contributed by atoms with van der Waals surface area (Å²) in [4.78, 5) is 42.7. The van der Waals surface area contributed by atoms with Crippen molar-refractivity contribution in [3.8, 4) is 22.4 Å². The van der Waals surface area contributed by atoms with E-state index in [0.717, 1.165) is 16.7 Å².